The van der Waals surface area contributed by atoms with Gasteiger partial charge in [-0.3, -0.25) is 0 Å². The fraction of sp³-hybridized carbons (Fsp3) is 0.250. The highest BCUT2D eigenvalue weighted by atomic mass is 16.7. The van der Waals surface area contributed by atoms with Gasteiger partial charge in [-0.2, -0.15) is 0 Å². The maximum atomic E-state index is 12.3. The van der Waals surface area contributed by atoms with E-state index in [1.54, 1.807) is 13.8 Å². The standard InChI is InChI=1S/C20H20O8/c1-3-24-19(22)27-17-11-10-15(26-13-14-8-6-5-7-9-14)12-16(17)18(21)28-20(23)25-4-2/h5-12H,3-4,13H2,1-2H3. The lowest BCUT2D eigenvalue weighted by atomic mass is 10.2. The number of carbonyl (C=O) groups is 3. The number of rotatable bonds is 7. The van der Waals surface area contributed by atoms with Gasteiger partial charge in [-0.25, -0.2) is 14.4 Å². The van der Waals surface area contributed by atoms with Crippen LogP contribution in [0.5, 0.6) is 11.5 Å². The summed E-state index contributed by atoms with van der Waals surface area (Å²) in [6.45, 7) is 3.57. The van der Waals surface area contributed by atoms with Crippen LogP contribution in [0.3, 0.4) is 0 Å². The summed E-state index contributed by atoms with van der Waals surface area (Å²) in [5.74, 6) is -0.876. The van der Waals surface area contributed by atoms with E-state index in [-0.39, 0.29) is 31.1 Å². The quantitative estimate of drug-likeness (QED) is 0.397. The Labute approximate surface area is 161 Å². The average molecular weight is 388 g/mol. The zero-order valence-corrected chi connectivity index (χ0v) is 15.5. The summed E-state index contributed by atoms with van der Waals surface area (Å²) in [4.78, 5) is 35.3. The lowest BCUT2D eigenvalue weighted by Crippen LogP contribution is -2.17. The fourth-order valence-corrected chi connectivity index (χ4v) is 2.10. The van der Waals surface area contributed by atoms with Crippen LogP contribution in [0.1, 0.15) is 29.8 Å². The summed E-state index contributed by atoms with van der Waals surface area (Å²) in [7, 11) is 0. The van der Waals surface area contributed by atoms with Crippen LogP contribution in [0.4, 0.5) is 9.59 Å². The first-order valence-corrected chi connectivity index (χ1v) is 8.57. The molecule has 0 fully saturated rings. The van der Waals surface area contributed by atoms with Crippen LogP contribution >= 0.6 is 0 Å². The maximum Gasteiger partial charge on any atom is 0.516 e. The second-order valence-corrected chi connectivity index (χ2v) is 5.29. The van der Waals surface area contributed by atoms with Gasteiger partial charge >= 0.3 is 18.3 Å². The van der Waals surface area contributed by atoms with Gasteiger partial charge in [0.25, 0.3) is 0 Å². The third kappa shape index (κ3) is 6.31. The van der Waals surface area contributed by atoms with Crippen LogP contribution in [0.2, 0.25) is 0 Å². The molecule has 148 valence electrons. The molecule has 0 atom stereocenters. The van der Waals surface area contributed by atoms with E-state index in [2.05, 4.69) is 9.47 Å². The maximum absolute atomic E-state index is 12.3. The molecule has 28 heavy (non-hydrogen) atoms. The molecule has 2 aromatic carbocycles. The first kappa shape index (κ1) is 20.8. The molecule has 0 aliphatic carbocycles. The zero-order valence-electron chi connectivity index (χ0n) is 15.5. The van der Waals surface area contributed by atoms with E-state index in [9.17, 15) is 14.4 Å². The molecule has 0 aromatic heterocycles. The van der Waals surface area contributed by atoms with Crippen LogP contribution in [0.15, 0.2) is 48.5 Å². The Kier molecular flexibility index (Phi) is 7.83. The molecule has 2 rings (SSSR count). The summed E-state index contributed by atoms with van der Waals surface area (Å²) in [5.41, 5.74) is 0.733. The number of hydrogen-bond donors (Lipinski definition) is 0. The lowest BCUT2D eigenvalue weighted by Gasteiger charge is -2.12. The van der Waals surface area contributed by atoms with Crippen molar-refractivity contribution in [1.29, 1.82) is 0 Å². The van der Waals surface area contributed by atoms with Crippen LogP contribution in [-0.2, 0) is 20.8 Å². The molecule has 0 unspecified atom stereocenters. The van der Waals surface area contributed by atoms with Crippen molar-refractivity contribution < 1.29 is 38.1 Å². The number of ether oxygens (including phenoxy) is 5. The molecule has 0 saturated heterocycles. The molecule has 0 aliphatic rings. The van der Waals surface area contributed by atoms with E-state index in [0.29, 0.717) is 5.75 Å². The minimum Gasteiger partial charge on any atom is -0.489 e. The van der Waals surface area contributed by atoms with Crippen LogP contribution in [0, 0.1) is 0 Å². The summed E-state index contributed by atoms with van der Waals surface area (Å²) >= 11 is 0. The first-order valence-electron chi connectivity index (χ1n) is 8.57. The highest BCUT2D eigenvalue weighted by Crippen LogP contribution is 2.26. The van der Waals surface area contributed by atoms with E-state index < -0.39 is 18.3 Å². The predicted molar refractivity (Wildman–Crippen MR) is 97.3 cm³/mol. The van der Waals surface area contributed by atoms with Crippen LogP contribution < -0.4 is 9.47 Å². The number of benzene rings is 2. The molecule has 0 amide bonds. The summed E-state index contributed by atoms with van der Waals surface area (Å²) < 4.78 is 24.5. The van der Waals surface area contributed by atoms with Gasteiger partial charge in [0.05, 0.1) is 13.2 Å². The molecule has 8 heteroatoms. The highest BCUT2D eigenvalue weighted by Gasteiger charge is 2.22. The van der Waals surface area contributed by atoms with Gasteiger partial charge in [-0.05, 0) is 37.6 Å². The summed E-state index contributed by atoms with van der Waals surface area (Å²) in [6.07, 6.45) is -2.16. The second kappa shape index (κ2) is 10.6. The largest absolute Gasteiger partial charge is 0.516 e. The average Bonchev–Trinajstić information content (AvgIpc) is 2.68. The van der Waals surface area contributed by atoms with Crippen molar-refractivity contribution in [2.45, 2.75) is 20.5 Å². The molecule has 8 nitrogen and oxygen atoms in total. The number of esters is 1. The molecular formula is C20H20O8. The SMILES string of the molecule is CCOC(=O)OC(=O)c1cc(OCc2ccccc2)ccc1OC(=O)OCC. The Balaban J connectivity index is 2.20. The normalized spacial score (nSPS) is 9.93. The second-order valence-electron chi connectivity index (χ2n) is 5.29. The molecule has 0 saturated carbocycles. The van der Waals surface area contributed by atoms with E-state index in [4.69, 9.17) is 14.2 Å². The van der Waals surface area contributed by atoms with Crippen molar-refractivity contribution in [3.8, 4) is 11.5 Å². The number of hydrogen-bond acceptors (Lipinski definition) is 8. The van der Waals surface area contributed by atoms with Gasteiger partial charge in [-0.15, -0.1) is 0 Å². The van der Waals surface area contributed by atoms with Crippen LogP contribution in [-0.4, -0.2) is 31.5 Å². The minimum atomic E-state index is -1.16. The van der Waals surface area contributed by atoms with Gasteiger partial charge in [0.15, 0.2) is 0 Å². The Morgan fingerprint density at radius 1 is 0.857 bits per heavy atom. The van der Waals surface area contributed by atoms with Crippen LogP contribution in [0.25, 0.3) is 0 Å². The van der Waals surface area contributed by atoms with Gasteiger partial charge < -0.3 is 23.7 Å². The Morgan fingerprint density at radius 3 is 2.21 bits per heavy atom. The smallest absolute Gasteiger partial charge is 0.489 e. The lowest BCUT2D eigenvalue weighted by molar-refractivity contribution is 0.0398. The summed E-state index contributed by atoms with van der Waals surface area (Å²) in [6, 6.07) is 13.6. The van der Waals surface area contributed by atoms with E-state index >= 15 is 0 Å². The van der Waals surface area contributed by atoms with E-state index in [1.807, 2.05) is 30.3 Å². The molecule has 0 spiro atoms. The Hall–Kier alpha value is -3.55. The summed E-state index contributed by atoms with van der Waals surface area (Å²) in [5, 5.41) is 0. The number of carbonyl (C=O) groups excluding carboxylic acids is 3. The molecule has 2 aromatic rings. The fourth-order valence-electron chi connectivity index (χ4n) is 2.10. The van der Waals surface area contributed by atoms with Crippen molar-refractivity contribution in [3.63, 3.8) is 0 Å². The van der Waals surface area contributed by atoms with Gasteiger partial charge in [0, 0.05) is 0 Å². The molecule has 0 aliphatic heterocycles. The predicted octanol–water partition coefficient (Wildman–Crippen LogP) is 4.11. The highest BCUT2D eigenvalue weighted by molar-refractivity contribution is 5.98. The van der Waals surface area contributed by atoms with Crippen molar-refractivity contribution in [2.75, 3.05) is 13.2 Å². The molecule has 0 radical (unpaired) electrons. The molecule has 0 heterocycles. The third-order valence-electron chi connectivity index (χ3n) is 3.31. The van der Waals surface area contributed by atoms with E-state index in [1.165, 1.54) is 18.2 Å². The molecule has 0 bridgehead atoms. The van der Waals surface area contributed by atoms with Crippen molar-refractivity contribution >= 4 is 18.3 Å². The van der Waals surface area contributed by atoms with Gasteiger partial charge in [0.2, 0.25) is 0 Å². The van der Waals surface area contributed by atoms with Crippen molar-refractivity contribution in [3.05, 3.63) is 59.7 Å². The minimum absolute atomic E-state index is 0.0402. The zero-order chi connectivity index (χ0) is 20.4. The van der Waals surface area contributed by atoms with Crippen molar-refractivity contribution in [2.24, 2.45) is 0 Å². The topological polar surface area (TPSA) is 97.4 Å². The van der Waals surface area contributed by atoms with Gasteiger partial charge in [-0.1, -0.05) is 30.3 Å². The third-order valence-corrected chi connectivity index (χ3v) is 3.31. The van der Waals surface area contributed by atoms with E-state index in [0.717, 1.165) is 5.56 Å². The monoisotopic (exact) mass is 388 g/mol. The molecular weight excluding hydrogens is 368 g/mol. The molecule has 0 N–H and O–H groups in total. The first-order chi connectivity index (χ1) is 13.5. The Bertz CT molecular complexity index is 816. The van der Waals surface area contributed by atoms with Crippen molar-refractivity contribution in [1.82, 2.24) is 0 Å². The Morgan fingerprint density at radius 2 is 1.54 bits per heavy atom. The van der Waals surface area contributed by atoms with Gasteiger partial charge in [0.1, 0.15) is 23.7 Å².